The second-order valence-corrected chi connectivity index (χ2v) is 7.02. The average Bonchev–Trinajstić information content (AvgIpc) is 2.98. The molecule has 0 aliphatic carbocycles. The number of allylic oxidation sites excluding steroid dienone is 6. The number of rotatable bonds is 6. The molecule has 0 saturated carbocycles. The van der Waals surface area contributed by atoms with Crippen molar-refractivity contribution >= 4 is 22.2 Å². The van der Waals surface area contributed by atoms with Gasteiger partial charge in [0.15, 0.2) is 5.13 Å². The number of aromatic nitrogens is 1. The highest BCUT2D eigenvalue weighted by molar-refractivity contribution is 7.13. The Kier molecular flexibility index (Phi) is 7.19. The van der Waals surface area contributed by atoms with Crippen molar-refractivity contribution in [1.82, 2.24) is 4.98 Å². The summed E-state index contributed by atoms with van der Waals surface area (Å²) in [5, 5.41) is 6.35. The molecule has 0 radical (unpaired) electrons. The fourth-order valence-electron chi connectivity index (χ4n) is 2.42. The van der Waals surface area contributed by atoms with Gasteiger partial charge in [0.2, 0.25) is 0 Å². The normalized spacial score (nSPS) is 20.1. The van der Waals surface area contributed by atoms with E-state index in [4.69, 9.17) is 14.7 Å². The van der Waals surface area contributed by atoms with Gasteiger partial charge in [-0.25, -0.2) is 4.98 Å². The first kappa shape index (κ1) is 19.2. The number of thiazole rings is 1. The summed E-state index contributed by atoms with van der Waals surface area (Å²) in [6.07, 6.45) is 13.3. The van der Waals surface area contributed by atoms with Crippen molar-refractivity contribution in [3.05, 3.63) is 58.9 Å². The zero-order valence-electron chi connectivity index (χ0n) is 15.6. The molecule has 4 nitrogen and oxygen atoms in total. The zero-order valence-corrected chi connectivity index (χ0v) is 16.4. The molecule has 1 aliphatic rings. The van der Waals surface area contributed by atoms with Crippen molar-refractivity contribution in [2.24, 2.45) is 4.99 Å². The lowest BCUT2D eigenvalue weighted by molar-refractivity contribution is 0.291. The summed E-state index contributed by atoms with van der Waals surface area (Å²) in [5.74, 6) is 0.856. The Hall–Kier alpha value is -2.14. The third-order valence-electron chi connectivity index (χ3n) is 3.59. The Bertz CT molecular complexity index is 723. The fourth-order valence-corrected chi connectivity index (χ4v) is 3.28. The van der Waals surface area contributed by atoms with Gasteiger partial charge in [-0.05, 0) is 45.4 Å². The molecule has 2 heterocycles. The summed E-state index contributed by atoms with van der Waals surface area (Å²) in [6, 6.07) is 0.291. The molecule has 0 saturated heterocycles. The molecule has 1 unspecified atom stereocenters. The number of nitrogens with one attached hydrogen (secondary N) is 1. The van der Waals surface area contributed by atoms with E-state index in [-0.39, 0.29) is 6.04 Å². The summed E-state index contributed by atoms with van der Waals surface area (Å²) in [5.41, 5.74) is 3.08. The van der Waals surface area contributed by atoms with E-state index in [0.29, 0.717) is 6.04 Å². The first-order valence-corrected chi connectivity index (χ1v) is 9.42. The molecule has 0 spiro atoms. The summed E-state index contributed by atoms with van der Waals surface area (Å²) < 4.78 is 5.31. The lowest BCUT2D eigenvalue weighted by Gasteiger charge is -2.12. The van der Waals surface area contributed by atoms with Gasteiger partial charge in [0.1, 0.15) is 0 Å². The van der Waals surface area contributed by atoms with Crippen LogP contribution in [0.15, 0.2) is 58.2 Å². The molecule has 1 aromatic heterocycles. The van der Waals surface area contributed by atoms with Crippen LogP contribution in [0.2, 0.25) is 0 Å². The molecule has 134 valence electrons. The summed E-state index contributed by atoms with van der Waals surface area (Å²) in [4.78, 5) is 9.63. The minimum Gasteiger partial charge on any atom is -0.502 e. The van der Waals surface area contributed by atoms with Crippen molar-refractivity contribution in [3.63, 3.8) is 0 Å². The minimum absolute atomic E-state index is 0.0747. The molecule has 0 aromatic carbocycles. The van der Waals surface area contributed by atoms with E-state index >= 15 is 0 Å². The van der Waals surface area contributed by atoms with E-state index in [1.54, 1.807) is 18.4 Å². The van der Waals surface area contributed by atoms with Crippen LogP contribution in [-0.4, -0.2) is 29.9 Å². The van der Waals surface area contributed by atoms with Crippen molar-refractivity contribution in [2.45, 2.75) is 46.2 Å². The highest BCUT2D eigenvalue weighted by Crippen LogP contribution is 2.21. The van der Waals surface area contributed by atoms with Gasteiger partial charge in [-0.1, -0.05) is 24.3 Å². The van der Waals surface area contributed by atoms with E-state index < -0.39 is 0 Å². The van der Waals surface area contributed by atoms with E-state index in [9.17, 15) is 0 Å². The highest BCUT2D eigenvalue weighted by atomic mass is 32.1. The van der Waals surface area contributed by atoms with Gasteiger partial charge < -0.3 is 10.1 Å². The van der Waals surface area contributed by atoms with Crippen LogP contribution in [0, 0.1) is 0 Å². The van der Waals surface area contributed by atoms with E-state index in [1.807, 2.05) is 26.0 Å². The van der Waals surface area contributed by atoms with Crippen LogP contribution in [0.25, 0.3) is 0 Å². The number of hydrogen-bond acceptors (Lipinski definition) is 5. The van der Waals surface area contributed by atoms with Gasteiger partial charge in [-0.15, -0.1) is 11.3 Å². The SMILES string of the molecule is C/C=C\C1=CC(/C=C(\C)OC)N=C(c2csc(NC(C)C)n2)C/C=C\1. The average molecular weight is 358 g/mol. The largest absolute Gasteiger partial charge is 0.502 e. The van der Waals surface area contributed by atoms with Gasteiger partial charge in [0, 0.05) is 17.8 Å². The van der Waals surface area contributed by atoms with Gasteiger partial charge in [0.05, 0.1) is 30.3 Å². The van der Waals surface area contributed by atoms with Crippen LogP contribution in [-0.2, 0) is 4.74 Å². The second kappa shape index (κ2) is 9.37. The van der Waals surface area contributed by atoms with Crippen LogP contribution < -0.4 is 5.32 Å². The molecular formula is C20H27N3OS. The molecule has 25 heavy (non-hydrogen) atoms. The predicted octanol–water partition coefficient (Wildman–Crippen LogP) is 5.13. The van der Waals surface area contributed by atoms with Gasteiger partial charge in [0.25, 0.3) is 0 Å². The number of anilines is 1. The molecule has 1 N–H and O–H groups in total. The number of methoxy groups -OCH3 is 1. The molecule has 0 fully saturated rings. The maximum absolute atomic E-state index is 5.31. The first-order chi connectivity index (χ1) is 12.0. The van der Waals surface area contributed by atoms with Gasteiger partial charge >= 0.3 is 0 Å². The Morgan fingerprint density at radius 2 is 2.24 bits per heavy atom. The summed E-state index contributed by atoms with van der Waals surface area (Å²) in [7, 11) is 1.68. The van der Waals surface area contributed by atoms with E-state index in [0.717, 1.165) is 34.3 Å². The summed E-state index contributed by atoms with van der Waals surface area (Å²) in [6.45, 7) is 8.19. The van der Waals surface area contributed by atoms with Crippen molar-refractivity contribution < 1.29 is 4.74 Å². The second-order valence-electron chi connectivity index (χ2n) is 6.16. The Labute approximate surface area is 154 Å². The van der Waals surface area contributed by atoms with E-state index in [2.05, 4.69) is 48.8 Å². The number of ether oxygens (including phenoxy) is 1. The van der Waals surface area contributed by atoms with Crippen LogP contribution in [0.1, 0.15) is 39.8 Å². The van der Waals surface area contributed by atoms with E-state index in [1.165, 1.54) is 0 Å². The van der Waals surface area contributed by atoms with Gasteiger partial charge in [-0.2, -0.15) is 0 Å². The van der Waals surface area contributed by atoms with Crippen molar-refractivity contribution in [2.75, 3.05) is 12.4 Å². The minimum atomic E-state index is -0.0747. The molecule has 1 aliphatic heterocycles. The Balaban J connectivity index is 2.36. The third kappa shape index (κ3) is 6.02. The predicted molar refractivity (Wildman–Crippen MR) is 109 cm³/mol. The van der Waals surface area contributed by atoms with Crippen LogP contribution in [0.5, 0.6) is 0 Å². The maximum Gasteiger partial charge on any atom is 0.183 e. The van der Waals surface area contributed by atoms with Gasteiger partial charge in [-0.3, -0.25) is 4.99 Å². The third-order valence-corrected chi connectivity index (χ3v) is 4.36. The maximum atomic E-state index is 5.31. The molecule has 5 heteroatoms. The molecule has 1 atom stereocenters. The zero-order chi connectivity index (χ0) is 18.2. The fraction of sp³-hybridized carbons (Fsp3) is 0.400. The smallest absolute Gasteiger partial charge is 0.183 e. The Morgan fingerprint density at radius 1 is 1.44 bits per heavy atom. The standard InChI is InChI=1S/C20H27N3OS/c1-6-8-16-9-7-10-18(22-17(12-16)11-15(4)24-5)19-13-25-20(23-19)21-14(2)3/h6-9,11-14,17H,10H2,1-5H3,(H,21,23)/b8-6-,9-7-,15-11+,16-12?,22-18?. The first-order valence-electron chi connectivity index (χ1n) is 8.54. The Morgan fingerprint density at radius 3 is 2.92 bits per heavy atom. The lowest BCUT2D eigenvalue weighted by atomic mass is 10.1. The summed E-state index contributed by atoms with van der Waals surface area (Å²) >= 11 is 1.62. The van der Waals surface area contributed by atoms with Crippen LogP contribution >= 0.6 is 11.3 Å². The quantitative estimate of drug-likeness (QED) is 0.718. The van der Waals surface area contributed by atoms with Crippen molar-refractivity contribution in [3.8, 4) is 0 Å². The molecular weight excluding hydrogens is 330 g/mol. The molecule has 2 rings (SSSR count). The molecule has 1 aromatic rings. The van der Waals surface area contributed by atoms with Crippen LogP contribution in [0.4, 0.5) is 5.13 Å². The molecule has 0 bridgehead atoms. The topological polar surface area (TPSA) is 46.5 Å². The number of aliphatic imine (C=N–C) groups is 1. The molecule has 0 amide bonds. The highest BCUT2D eigenvalue weighted by Gasteiger charge is 2.13. The number of hydrogen-bond donors (Lipinski definition) is 1. The number of nitrogens with zero attached hydrogens (tertiary/aromatic N) is 2. The van der Waals surface area contributed by atoms with Crippen molar-refractivity contribution in [1.29, 1.82) is 0 Å². The van der Waals surface area contributed by atoms with Crippen LogP contribution in [0.3, 0.4) is 0 Å². The lowest BCUT2D eigenvalue weighted by Crippen LogP contribution is -2.11. The monoisotopic (exact) mass is 357 g/mol.